The number of halogens is 1. The molecule has 4 heteroatoms. The molecule has 1 radical (unpaired) electrons. The average molecular weight is 573 g/mol. The van der Waals surface area contributed by atoms with Gasteiger partial charge in [0.15, 0.2) is 6.17 Å². The number of rotatable bonds is 5. The molecule has 0 saturated carbocycles. The number of hydrogen-bond donors (Lipinski definition) is 0. The van der Waals surface area contributed by atoms with E-state index in [1.54, 1.807) is 12.1 Å². The number of pyridine rings is 2. The summed E-state index contributed by atoms with van der Waals surface area (Å²) < 4.78 is 15.4. The van der Waals surface area contributed by atoms with Gasteiger partial charge in [-0.1, -0.05) is 32.0 Å². The van der Waals surface area contributed by atoms with Crippen molar-refractivity contribution in [1.82, 2.24) is 9.97 Å². The van der Waals surface area contributed by atoms with Crippen molar-refractivity contribution in [1.29, 1.82) is 0 Å². The van der Waals surface area contributed by atoms with Crippen LogP contribution in [0, 0.1) is 12.1 Å². The largest absolute Gasteiger partial charge is 0.298 e. The Hall–Kier alpha value is -2.68. The van der Waals surface area contributed by atoms with Gasteiger partial charge < -0.3 is 0 Å². The minimum absolute atomic E-state index is 0. The van der Waals surface area contributed by atoms with Crippen LogP contribution in [0.4, 0.5) is 4.39 Å². The number of nitrogens with zero attached hydrogens (tertiary/aromatic N) is 2. The molecule has 4 aromatic rings. The van der Waals surface area contributed by atoms with Gasteiger partial charge in [-0.2, -0.15) is 35.9 Å². The summed E-state index contributed by atoms with van der Waals surface area (Å²) >= 11 is 0. The van der Waals surface area contributed by atoms with Crippen LogP contribution >= 0.6 is 0 Å². The zero-order chi connectivity index (χ0) is 20.3. The van der Waals surface area contributed by atoms with E-state index in [0.29, 0.717) is 17.1 Å². The maximum absolute atomic E-state index is 15.4. The second-order valence-electron chi connectivity index (χ2n) is 7.44. The molecule has 2 aromatic heterocycles. The smallest absolute Gasteiger partial charge is 0.183 e. The summed E-state index contributed by atoms with van der Waals surface area (Å²) in [4.78, 5) is 9.17. The predicted octanol–water partition coefficient (Wildman–Crippen LogP) is 6.13. The van der Waals surface area contributed by atoms with Crippen molar-refractivity contribution in [3.05, 3.63) is 120 Å². The molecule has 0 amide bonds. The Morgan fingerprint density at radius 1 is 0.767 bits per heavy atom. The van der Waals surface area contributed by atoms with E-state index in [4.69, 9.17) is 0 Å². The summed E-state index contributed by atoms with van der Waals surface area (Å²) in [7, 11) is 0. The molecule has 30 heavy (non-hydrogen) atoms. The molecule has 1 atom stereocenters. The molecule has 0 bridgehead atoms. The number of aromatic nitrogens is 2. The van der Waals surface area contributed by atoms with Gasteiger partial charge in [-0.25, -0.2) is 4.39 Å². The van der Waals surface area contributed by atoms with E-state index in [1.807, 2.05) is 72.8 Å². The second kappa shape index (κ2) is 9.42. The van der Waals surface area contributed by atoms with Crippen molar-refractivity contribution in [3.8, 4) is 11.3 Å². The molecule has 2 aromatic carbocycles. The van der Waals surface area contributed by atoms with Crippen molar-refractivity contribution in [2.75, 3.05) is 0 Å². The molecule has 0 saturated heterocycles. The number of alkyl halides is 1. The van der Waals surface area contributed by atoms with Crippen molar-refractivity contribution in [2.24, 2.45) is 0 Å². The normalized spacial score (nSPS) is 12.1. The van der Waals surface area contributed by atoms with Crippen LogP contribution in [0.1, 0.15) is 42.7 Å². The van der Waals surface area contributed by atoms with Crippen molar-refractivity contribution >= 4 is 0 Å². The third-order valence-corrected chi connectivity index (χ3v) is 5.07. The van der Waals surface area contributed by atoms with E-state index in [0.717, 1.165) is 16.8 Å². The summed E-state index contributed by atoms with van der Waals surface area (Å²) in [5.41, 5.74) is 3.66. The third kappa shape index (κ3) is 4.56. The van der Waals surface area contributed by atoms with Crippen LogP contribution in [-0.2, 0) is 25.5 Å². The van der Waals surface area contributed by atoms with E-state index in [-0.39, 0.29) is 25.5 Å². The zero-order valence-corrected chi connectivity index (χ0v) is 19.2. The minimum Gasteiger partial charge on any atom is -0.298 e. The first-order chi connectivity index (χ1) is 14.1. The first kappa shape index (κ1) is 22.0. The maximum atomic E-state index is 15.4. The molecule has 4 rings (SSSR count). The van der Waals surface area contributed by atoms with E-state index < -0.39 is 6.17 Å². The molecule has 2 nitrogen and oxygen atoms in total. The Balaban J connectivity index is 0.00000256. The first-order valence-corrected chi connectivity index (χ1v) is 9.58. The first-order valence-electron chi connectivity index (χ1n) is 9.58. The fraction of sp³-hybridized carbons (Fsp3) is 0.154. The standard InChI is InChI=1S/C26H21FN2.Ir/c1-26(2,20-13-7-4-8-14-20)24-18-10-17-23(29-24)25(27)22-16-9-15-21(28-22)19-11-5-3-6-12-19;/h3-11,13,15-18,25H,1-2H3;/q-2;. The van der Waals surface area contributed by atoms with E-state index in [9.17, 15) is 0 Å². The summed E-state index contributed by atoms with van der Waals surface area (Å²) in [6, 6.07) is 32.6. The second-order valence-corrected chi connectivity index (χ2v) is 7.44. The molecule has 153 valence electrons. The molecule has 0 aliphatic rings. The minimum atomic E-state index is -1.41. The van der Waals surface area contributed by atoms with Gasteiger partial charge in [0.05, 0.1) is 11.4 Å². The van der Waals surface area contributed by atoms with Gasteiger partial charge in [0.25, 0.3) is 0 Å². The molecule has 0 fully saturated rings. The monoisotopic (exact) mass is 573 g/mol. The van der Waals surface area contributed by atoms with Crippen molar-refractivity contribution < 1.29 is 24.5 Å². The molecule has 2 heterocycles. The fourth-order valence-electron chi connectivity index (χ4n) is 3.31. The summed E-state index contributed by atoms with van der Waals surface area (Å²) in [5.74, 6) is 0. The summed E-state index contributed by atoms with van der Waals surface area (Å²) in [5, 5.41) is 0. The van der Waals surface area contributed by atoms with Crippen LogP contribution in [0.2, 0.25) is 0 Å². The molecule has 0 aliphatic carbocycles. The maximum Gasteiger partial charge on any atom is 0.183 e. The van der Waals surface area contributed by atoms with Gasteiger partial charge >= 0.3 is 0 Å². The van der Waals surface area contributed by atoms with Gasteiger partial charge in [0.2, 0.25) is 0 Å². The number of hydrogen-bond acceptors (Lipinski definition) is 2. The quantitative estimate of drug-likeness (QED) is 0.269. The van der Waals surface area contributed by atoms with Gasteiger partial charge in [-0.3, -0.25) is 9.97 Å². The van der Waals surface area contributed by atoms with Gasteiger partial charge in [-0.15, -0.1) is 35.9 Å². The number of benzene rings is 2. The molecular weight excluding hydrogens is 552 g/mol. The van der Waals surface area contributed by atoms with E-state index >= 15 is 4.39 Å². The van der Waals surface area contributed by atoms with Crippen LogP contribution in [0.3, 0.4) is 0 Å². The van der Waals surface area contributed by atoms with E-state index in [1.165, 1.54) is 0 Å². The van der Waals surface area contributed by atoms with Crippen LogP contribution in [0.5, 0.6) is 0 Å². The Labute approximate surface area is 190 Å². The molecule has 1 unspecified atom stereocenters. The van der Waals surface area contributed by atoms with Crippen LogP contribution < -0.4 is 0 Å². The van der Waals surface area contributed by atoms with E-state index in [2.05, 4.69) is 35.9 Å². The van der Waals surface area contributed by atoms with Gasteiger partial charge in [0, 0.05) is 31.2 Å². The Morgan fingerprint density at radius 3 is 2.10 bits per heavy atom. The Kier molecular flexibility index (Phi) is 6.91. The third-order valence-electron chi connectivity index (χ3n) is 5.07. The molecule has 0 spiro atoms. The van der Waals surface area contributed by atoms with Crippen molar-refractivity contribution in [3.63, 3.8) is 0 Å². The molecular formula is C26H21FIrN2-2. The fourth-order valence-corrected chi connectivity index (χ4v) is 3.31. The average Bonchev–Trinajstić information content (AvgIpc) is 2.80. The van der Waals surface area contributed by atoms with Crippen molar-refractivity contribution in [2.45, 2.75) is 25.4 Å². The van der Waals surface area contributed by atoms with Gasteiger partial charge in [0.1, 0.15) is 0 Å². The SMILES string of the molecule is CC(C)(c1[c-]cccc1)c1cccc(C(F)c2cccc(-c3[c-]cccc3)n2)n1.[Ir]. The van der Waals surface area contributed by atoms with Crippen LogP contribution in [-0.4, -0.2) is 9.97 Å². The van der Waals surface area contributed by atoms with Crippen LogP contribution in [0.15, 0.2) is 84.9 Å². The summed E-state index contributed by atoms with van der Waals surface area (Å²) in [6.07, 6.45) is -1.41. The topological polar surface area (TPSA) is 25.8 Å². The molecule has 0 N–H and O–H groups in total. The predicted molar refractivity (Wildman–Crippen MR) is 113 cm³/mol. The Bertz CT molecular complexity index is 1100. The summed E-state index contributed by atoms with van der Waals surface area (Å²) in [6.45, 7) is 4.14. The molecule has 0 aliphatic heterocycles. The van der Waals surface area contributed by atoms with Crippen LogP contribution in [0.25, 0.3) is 11.3 Å². The zero-order valence-electron chi connectivity index (χ0n) is 16.8. The van der Waals surface area contributed by atoms with Gasteiger partial charge in [-0.05, 0) is 23.9 Å². The Morgan fingerprint density at radius 2 is 1.43 bits per heavy atom.